The van der Waals surface area contributed by atoms with Crippen LogP contribution in [0.4, 0.5) is 5.69 Å². The number of benzene rings is 1. The lowest BCUT2D eigenvalue weighted by Gasteiger charge is -2.24. The van der Waals surface area contributed by atoms with Gasteiger partial charge < -0.3 is 10.4 Å². The van der Waals surface area contributed by atoms with Crippen LogP contribution in [0.2, 0.25) is 0 Å². The van der Waals surface area contributed by atoms with Crippen LogP contribution in [0.1, 0.15) is 31.2 Å². The van der Waals surface area contributed by atoms with Crippen molar-refractivity contribution in [2.75, 3.05) is 11.1 Å². The van der Waals surface area contributed by atoms with Gasteiger partial charge in [0.05, 0.1) is 6.42 Å². The first-order chi connectivity index (χ1) is 9.65. The summed E-state index contributed by atoms with van der Waals surface area (Å²) in [5, 5.41) is 11.5. The van der Waals surface area contributed by atoms with Gasteiger partial charge in [-0.3, -0.25) is 9.59 Å². The summed E-state index contributed by atoms with van der Waals surface area (Å²) in [6, 6.07) is 7.77. The number of rotatable bonds is 7. The summed E-state index contributed by atoms with van der Waals surface area (Å²) in [7, 11) is 0. The number of amides is 1. The first kappa shape index (κ1) is 14.9. The Hall–Kier alpha value is -1.49. The van der Waals surface area contributed by atoms with Gasteiger partial charge in [-0.1, -0.05) is 18.6 Å². The lowest BCUT2D eigenvalue weighted by Crippen LogP contribution is -2.28. The van der Waals surface area contributed by atoms with E-state index in [1.807, 2.05) is 24.3 Å². The molecule has 0 unspecified atom stereocenters. The summed E-state index contributed by atoms with van der Waals surface area (Å²) >= 11 is 1.59. The third-order valence-corrected chi connectivity index (χ3v) is 4.43. The number of anilines is 1. The number of hydrogen-bond acceptors (Lipinski definition) is 3. The standard InChI is InChI=1S/C15H19NO3S/c17-14(18)7-8-20-10-11-3-1-6-13(9-11)16-15(19)12-4-2-5-12/h1,3,6,9,12H,2,4-5,7-8,10H2,(H,16,19)(H,17,18). The van der Waals surface area contributed by atoms with Crippen LogP contribution in [-0.2, 0) is 15.3 Å². The number of carboxylic acid groups (broad SMARTS) is 1. The Balaban J connectivity index is 1.80. The summed E-state index contributed by atoms with van der Waals surface area (Å²) < 4.78 is 0. The minimum atomic E-state index is -0.765. The van der Waals surface area contributed by atoms with Crippen molar-refractivity contribution in [3.8, 4) is 0 Å². The maximum atomic E-state index is 11.9. The Morgan fingerprint density at radius 1 is 1.35 bits per heavy atom. The van der Waals surface area contributed by atoms with E-state index < -0.39 is 5.97 Å². The second-order valence-corrected chi connectivity index (χ2v) is 6.12. The quantitative estimate of drug-likeness (QED) is 0.758. The zero-order chi connectivity index (χ0) is 14.4. The number of thioether (sulfide) groups is 1. The van der Waals surface area contributed by atoms with Crippen LogP contribution >= 0.6 is 11.8 Å². The van der Waals surface area contributed by atoms with E-state index in [0.717, 1.165) is 36.3 Å². The van der Waals surface area contributed by atoms with Crippen molar-refractivity contribution in [1.82, 2.24) is 0 Å². The first-order valence-corrected chi connectivity index (χ1v) is 8.00. The summed E-state index contributed by atoms with van der Waals surface area (Å²) in [5.41, 5.74) is 1.94. The molecule has 0 bridgehead atoms. The summed E-state index contributed by atoms with van der Waals surface area (Å²) in [5.74, 6) is 0.906. The zero-order valence-electron chi connectivity index (χ0n) is 11.3. The molecule has 20 heavy (non-hydrogen) atoms. The molecule has 1 fully saturated rings. The van der Waals surface area contributed by atoms with Gasteiger partial charge in [0.15, 0.2) is 0 Å². The van der Waals surface area contributed by atoms with Crippen molar-refractivity contribution in [3.05, 3.63) is 29.8 Å². The summed E-state index contributed by atoms with van der Waals surface area (Å²) in [6.45, 7) is 0. The molecule has 108 valence electrons. The number of hydrogen-bond donors (Lipinski definition) is 2. The van der Waals surface area contributed by atoms with E-state index in [4.69, 9.17) is 5.11 Å². The molecule has 1 aromatic rings. The Morgan fingerprint density at radius 2 is 2.15 bits per heavy atom. The molecule has 0 radical (unpaired) electrons. The average molecular weight is 293 g/mol. The fraction of sp³-hybridized carbons (Fsp3) is 0.467. The predicted molar refractivity (Wildman–Crippen MR) is 80.8 cm³/mol. The van der Waals surface area contributed by atoms with E-state index in [9.17, 15) is 9.59 Å². The Kier molecular flexibility index (Phi) is 5.47. The highest BCUT2D eigenvalue weighted by Crippen LogP contribution is 2.27. The van der Waals surface area contributed by atoms with Crippen molar-refractivity contribution in [2.45, 2.75) is 31.4 Å². The molecule has 1 aliphatic rings. The minimum Gasteiger partial charge on any atom is -0.481 e. The van der Waals surface area contributed by atoms with Crippen molar-refractivity contribution < 1.29 is 14.7 Å². The molecule has 4 nitrogen and oxygen atoms in total. The maximum Gasteiger partial charge on any atom is 0.304 e. The van der Waals surface area contributed by atoms with Crippen LogP contribution in [0, 0.1) is 5.92 Å². The molecule has 1 amide bonds. The SMILES string of the molecule is O=C(O)CCSCc1cccc(NC(=O)C2CCC2)c1. The van der Waals surface area contributed by atoms with Gasteiger partial charge in [-0.2, -0.15) is 11.8 Å². The second-order valence-electron chi connectivity index (χ2n) is 5.01. The maximum absolute atomic E-state index is 11.9. The third kappa shape index (κ3) is 4.56. The average Bonchev–Trinajstić information content (AvgIpc) is 2.32. The van der Waals surface area contributed by atoms with Crippen LogP contribution in [0.15, 0.2) is 24.3 Å². The largest absolute Gasteiger partial charge is 0.481 e. The normalized spacial score (nSPS) is 14.6. The van der Waals surface area contributed by atoms with Crippen molar-refractivity contribution in [3.63, 3.8) is 0 Å². The van der Waals surface area contributed by atoms with Gasteiger partial charge in [-0.05, 0) is 30.5 Å². The summed E-state index contributed by atoms with van der Waals surface area (Å²) in [4.78, 5) is 22.3. The van der Waals surface area contributed by atoms with E-state index in [0.29, 0.717) is 5.75 Å². The van der Waals surface area contributed by atoms with Crippen molar-refractivity contribution in [2.24, 2.45) is 5.92 Å². The zero-order valence-corrected chi connectivity index (χ0v) is 12.1. The van der Waals surface area contributed by atoms with Gasteiger partial charge >= 0.3 is 5.97 Å². The molecule has 1 aliphatic carbocycles. The smallest absolute Gasteiger partial charge is 0.304 e. The molecule has 0 saturated heterocycles. The number of carbonyl (C=O) groups excluding carboxylic acids is 1. The summed E-state index contributed by atoms with van der Waals surface area (Å²) in [6.07, 6.45) is 3.33. The molecule has 0 spiro atoms. The van der Waals surface area contributed by atoms with Gasteiger partial charge in [0.1, 0.15) is 0 Å². The molecule has 1 saturated carbocycles. The molecule has 5 heteroatoms. The molecule has 0 aromatic heterocycles. The minimum absolute atomic E-state index is 0.118. The van der Waals surface area contributed by atoms with E-state index in [1.54, 1.807) is 11.8 Å². The second kappa shape index (κ2) is 7.33. The monoisotopic (exact) mass is 293 g/mol. The fourth-order valence-electron chi connectivity index (χ4n) is 2.00. The van der Waals surface area contributed by atoms with Crippen molar-refractivity contribution in [1.29, 1.82) is 0 Å². The Labute approximate surface area is 123 Å². The topological polar surface area (TPSA) is 66.4 Å². The molecule has 2 N–H and O–H groups in total. The van der Waals surface area contributed by atoms with Crippen LogP contribution in [0.25, 0.3) is 0 Å². The number of nitrogens with one attached hydrogen (secondary N) is 1. The lowest BCUT2D eigenvalue weighted by atomic mass is 9.85. The third-order valence-electron chi connectivity index (χ3n) is 3.40. The van der Waals surface area contributed by atoms with Gasteiger partial charge in [-0.25, -0.2) is 0 Å². The molecule has 0 aliphatic heterocycles. The van der Waals surface area contributed by atoms with E-state index in [1.165, 1.54) is 0 Å². The molecule has 0 atom stereocenters. The highest BCUT2D eigenvalue weighted by molar-refractivity contribution is 7.98. The number of aliphatic carboxylic acids is 1. The van der Waals surface area contributed by atoms with Gasteiger partial charge in [-0.15, -0.1) is 0 Å². The van der Waals surface area contributed by atoms with Crippen LogP contribution in [0.5, 0.6) is 0 Å². The number of carbonyl (C=O) groups is 2. The lowest BCUT2D eigenvalue weighted by molar-refractivity contribution is -0.136. The molecular weight excluding hydrogens is 274 g/mol. The Bertz CT molecular complexity index is 486. The van der Waals surface area contributed by atoms with Crippen LogP contribution in [0.3, 0.4) is 0 Å². The Morgan fingerprint density at radius 3 is 2.80 bits per heavy atom. The first-order valence-electron chi connectivity index (χ1n) is 6.84. The van der Waals surface area contributed by atoms with E-state index >= 15 is 0 Å². The van der Waals surface area contributed by atoms with E-state index in [2.05, 4.69) is 5.32 Å². The molecule has 2 rings (SSSR count). The highest BCUT2D eigenvalue weighted by Gasteiger charge is 2.25. The van der Waals surface area contributed by atoms with Gasteiger partial charge in [0.2, 0.25) is 5.91 Å². The fourth-order valence-corrected chi connectivity index (χ4v) is 2.88. The molecular formula is C15H19NO3S. The van der Waals surface area contributed by atoms with Gasteiger partial charge in [0.25, 0.3) is 0 Å². The van der Waals surface area contributed by atoms with Crippen LogP contribution in [-0.4, -0.2) is 22.7 Å². The number of carboxylic acids is 1. The van der Waals surface area contributed by atoms with E-state index in [-0.39, 0.29) is 18.2 Å². The highest BCUT2D eigenvalue weighted by atomic mass is 32.2. The van der Waals surface area contributed by atoms with Crippen molar-refractivity contribution >= 4 is 29.3 Å². The predicted octanol–water partition coefficient (Wildman–Crippen LogP) is 3.13. The van der Waals surface area contributed by atoms with Gasteiger partial charge in [0, 0.05) is 23.1 Å². The van der Waals surface area contributed by atoms with Crippen LogP contribution < -0.4 is 5.32 Å². The molecule has 0 heterocycles. The molecule has 1 aromatic carbocycles.